The molecule has 1 N–H and O–H groups in total. The Kier molecular flexibility index (Phi) is 5.71. The Morgan fingerprint density at radius 2 is 1.92 bits per heavy atom. The van der Waals surface area contributed by atoms with Gasteiger partial charge in [0, 0.05) is 30.3 Å². The molecule has 1 aliphatic rings. The number of unbranched alkanes of at least 4 members (excludes halogenated alkanes) is 1. The lowest BCUT2D eigenvalue weighted by Gasteiger charge is -2.23. The SMILES string of the molecule is CCCCC(=O)NCc1ccc2c(c1)N(C(=O)c1ccccc1)[C@@H](C)C2. The molecule has 2 aromatic rings. The van der Waals surface area contributed by atoms with Crippen molar-refractivity contribution in [3.63, 3.8) is 0 Å². The standard InChI is InChI=1S/C22H26N2O2/c1-3-4-10-21(25)23-15-17-11-12-19-13-16(2)24(20(19)14-17)22(26)18-8-6-5-7-9-18/h5-9,11-12,14,16H,3-4,10,13,15H2,1-2H3,(H,23,25)/t16-/m0/s1. The van der Waals surface area contributed by atoms with Crippen LogP contribution >= 0.6 is 0 Å². The Bertz CT molecular complexity index is 786. The van der Waals surface area contributed by atoms with Gasteiger partial charge in [0.1, 0.15) is 0 Å². The normalized spacial score (nSPS) is 15.6. The highest BCUT2D eigenvalue weighted by molar-refractivity contribution is 6.07. The van der Waals surface area contributed by atoms with Crippen LogP contribution in [0, 0.1) is 0 Å². The molecule has 1 atom stereocenters. The molecule has 0 radical (unpaired) electrons. The number of hydrogen-bond donors (Lipinski definition) is 1. The van der Waals surface area contributed by atoms with Crippen LogP contribution in [0.4, 0.5) is 5.69 Å². The third kappa shape index (κ3) is 3.96. The minimum Gasteiger partial charge on any atom is -0.352 e. The maximum atomic E-state index is 13.0. The van der Waals surface area contributed by atoms with Gasteiger partial charge in [-0.25, -0.2) is 0 Å². The van der Waals surface area contributed by atoms with Crippen molar-refractivity contribution in [1.82, 2.24) is 5.32 Å². The number of rotatable bonds is 6. The number of carbonyl (C=O) groups excluding carboxylic acids is 2. The summed E-state index contributed by atoms with van der Waals surface area (Å²) in [7, 11) is 0. The highest BCUT2D eigenvalue weighted by atomic mass is 16.2. The molecule has 0 aromatic heterocycles. The molecule has 0 fully saturated rings. The van der Waals surface area contributed by atoms with Crippen LogP contribution in [0.5, 0.6) is 0 Å². The van der Waals surface area contributed by atoms with Gasteiger partial charge in [-0.2, -0.15) is 0 Å². The van der Waals surface area contributed by atoms with Gasteiger partial charge in [0.2, 0.25) is 5.91 Å². The van der Waals surface area contributed by atoms with Crippen LogP contribution in [0.25, 0.3) is 0 Å². The van der Waals surface area contributed by atoms with Crippen molar-refractivity contribution in [2.24, 2.45) is 0 Å². The molecular formula is C22H26N2O2. The quantitative estimate of drug-likeness (QED) is 0.853. The van der Waals surface area contributed by atoms with Gasteiger partial charge in [0.05, 0.1) is 0 Å². The van der Waals surface area contributed by atoms with E-state index in [1.54, 1.807) is 0 Å². The number of fused-ring (bicyclic) bond motifs is 1. The predicted octanol–water partition coefficient (Wildman–Crippen LogP) is 4.08. The Labute approximate surface area is 155 Å². The summed E-state index contributed by atoms with van der Waals surface area (Å²) in [6, 6.07) is 15.7. The summed E-state index contributed by atoms with van der Waals surface area (Å²) in [5, 5.41) is 2.97. The van der Waals surface area contributed by atoms with E-state index in [1.807, 2.05) is 47.4 Å². The summed E-state index contributed by atoms with van der Waals surface area (Å²) in [5.41, 5.74) is 3.87. The van der Waals surface area contributed by atoms with E-state index in [9.17, 15) is 9.59 Å². The highest BCUT2D eigenvalue weighted by Crippen LogP contribution is 2.34. The molecule has 2 aromatic carbocycles. The predicted molar refractivity (Wildman–Crippen MR) is 104 cm³/mol. The maximum Gasteiger partial charge on any atom is 0.258 e. The van der Waals surface area contributed by atoms with E-state index in [-0.39, 0.29) is 17.9 Å². The van der Waals surface area contributed by atoms with E-state index in [4.69, 9.17) is 0 Å². The Balaban J connectivity index is 1.76. The van der Waals surface area contributed by atoms with Crippen molar-refractivity contribution >= 4 is 17.5 Å². The molecule has 4 heteroatoms. The number of nitrogens with zero attached hydrogens (tertiary/aromatic N) is 1. The number of anilines is 1. The lowest BCUT2D eigenvalue weighted by Crippen LogP contribution is -2.35. The number of amides is 2. The zero-order valence-corrected chi connectivity index (χ0v) is 15.5. The Morgan fingerprint density at radius 1 is 1.15 bits per heavy atom. The van der Waals surface area contributed by atoms with E-state index >= 15 is 0 Å². The van der Waals surface area contributed by atoms with Crippen molar-refractivity contribution in [2.75, 3.05) is 4.90 Å². The maximum absolute atomic E-state index is 13.0. The van der Waals surface area contributed by atoms with Crippen LogP contribution < -0.4 is 10.2 Å². The monoisotopic (exact) mass is 350 g/mol. The van der Waals surface area contributed by atoms with Gasteiger partial charge in [-0.1, -0.05) is 43.7 Å². The van der Waals surface area contributed by atoms with Crippen molar-refractivity contribution in [1.29, 1.82) is 0 Å². The molecule has 26 heavy (non-hydrogen) atoms. The molecule has 4 nitrogen and oxygen atoms in total. The van der Waals surface area contributed by atoms with Gasteiger partial charge < -0.3 is 10.2 Å². The first-order valence-electron chi connectivity index (χ1n) is 9.37. The molecule has 0 aliphatic carbocycles. The third-order valence-corrected chi connectivity index (χ3v) is 4.85. The smallest absolute Gasteiger partial charge is 0.258 e. The van der Waals surface area contributed by atoms with Crippen LogP contribution in [0.3, 0.4) is 0 Å². The van der Waals surface area contributed by atoms with Crippen molar-refractivity contribution < 1.29 is 9.59 Å². The largest absolute Gasteiger partial charge is 0.352 e. The molecule has 3 rings (SSSR count). The highest BCUT2D eigenvalue weighted by Gasteiger charge is 2.31. The number of carbonyl (C=O) groups is 2. The Morgan fingerprint density at radius 3 is 2.65 bits per heavy atom. The van der Waals surface area contributed by atoms with E-state index in [1.165, 1.54) is 5.56 Å². The third-order valence-electron chi connectivity index (χ3n) is 4.85. The number of nitrogens with one attached hydrogen (secondary N) is 1. The molecule has 0 unspecified atom stereocenters. The zero-order valence-electron chi connectivity index (χ0n) is 15.5. The summed E-state index contributed by atoms with van der Waals surface area (Å²) in [6.07, 6.45) is 3.35. The molecular weight excluding hydrogens is 324 g/mol. The molecule has 1 heterocycles. The van der Waals surface area contributed by atoms with Crippen molar-refractivity contribution in [2.45, 2.75) is 52.1 Å². The minimum atomic E-state index is 0.0287. The average Bonchev–Trinajstić information content (AvgIpc) is 2.99. The van der Waals surface area contributed by atoms with Crippen LogP contribution in [0.1, 0.15) is 54.6 Å². The van der Waals surface area contributed by atoms with Gasteiger partial charge in [-0.3, -0.25) is 9.59 Å². The van der Waals surface area contributed by atoms with Crippen molar-refractivity contribution in [3.8, 4) is 0 Å². The molecule has 136 valence electrons. The van der Waals surface area contributed by atoms with Crippen molar-refractivity contribution in [3.05, 3.63) is 65.2 Å². The fourth-order valence-corrected chi connectivity index (χ4v) is 3.42. The van der Waals surface area contributed by atoms with E-state index in [2.05, 4.69) is 25.2 Å². The topological polar surface area (TPSA) is 49.4 Å². The second-order valence-corrected chi connectivity index (χ2v) is 6.94. The second-order valence-electron chi connectivity index (χ2n) is 6.94. The van der Waals surface area contributed by atoms with Crippen LogP contribution in [0.15, 0.2) is 48.5 Å². The van der Waals surface area contributed by atoms with Crippen LogP contribution in [0.2, 0.25) is 0 Å². The van der Waals surface area contributed by atoms with Crippen LogP contribution in [-0.2, 0) is 17.8 Å². The average molecular weight is 350 g/mol. The first kappa shape index (κ1) is 18.2. The molecule has 0 saturated carbocycles. The van der Waals surface area contributed by atoms with Gasteiger partial charge in [0.15, 0.2) is 0 Å². The molecule has 0 saturated heterocycles. The number of benzene rings is 2. The van der Waals surface area contributed by atoms with E-state index < -0.39 is 0 Å². The summed E-state index contributed by atoms with van der Waals surface area (Å²) in [5.74, 6) is 0.110. The summed E-state index contributed by atoms with van der Waals surface area (Å²) in [4.78, 5) is 26.7. The number of hydrogen-bond acceptors (Lipinski definition) is 2. The van der Waals surface area contributed by atoms with Gasteiger partial charge in [0.25, 0.3) is 5.91 Å². The first-order valence-corrected chi connectivity index (χ1v) is 9.37. The molecule has 1 aliphatic heterocycles. The van der Waals surface area contributed by atoms with E-state index in [0.29, 0.717) is 18.5 Å². The second kappa shape index (κ2) is 8.17. The molecule has 0 bridgehead atoms. The summed E-state index contributed by atoms with van der Waals surface area (Å²) >= 11 is 0. The van der Waals surface area contributed by atoms with Gasteiger partial charge >= 0.3 is 0 Å². The molecule has 0 spiro atoms. The lowest BCUT2D eigenvalue weighted by atomic mass is 10.1. The Hall–Kier alpha value is -2.62. The lowest BCUT2D eigenvalue weighted by molar-refractivity contribution is -0.121. The summed E-state index contributed by atoms with van der Waals surface area (Å²) < 4.78 is 0. The van der Waals surface area contributed by atoms with Crippen LogP contribution in [-0.4, -0.2) is 17.9 Å². The zero-order chi connectivity index (χ0) is 18.5. The van der Waals surface area contributed by atoms with Gasteiger partial charge in [-0.15, -0.1) is 0 Å². The fraction of sp³-hybridized carbons (Fsp3) is 0.364. The first-order chi connectivity index (χ1) is 12.6. The minimum absolute atomic E-state index is 0.0287. The van der Waals surface area contributed by atoms with E-state index in [0.717, 1.165) is 30.5 Å². The van der Waals surface area contributed by atoms with Gasteiger partial charge in [-0.05, 0) is 49.1 Å². The molecule has 2 amide bonds. The summed E-state index contributed by atoms with van der Waals surface area (Å²) in [6.45, 7) is 4.65. The fourth-order valence-electron chi connectivity index (χ4n) is 3.42.